The number of aryl methyl sites for hydroxylation is 2. The molecule has 0 spiro atoms. The minimum Gasteiger partial charge on any atom is -0.225 e. The topological polar surface area (TPSA) is 8.81 Å². The van der Waals surface area contributed by atoms with Crippen LogP contribution in [0.1, 0.15) is 31.9 Å². The van der Waals surface area contributed by atoms with Gasteiger partial charge in [0.2, 0.25) is 0 Å². The second kappa shape index (κ2) is 9.71. The van der Waals surface area contributed by atoms with Gasteiger partial charge in [0.05, 0.1) is 12.6 Å². The Morgan fingerprint density at radius 2 is 1.15 bits per heavy atom. The number of nitrogens with zero attached hydrogens (tertiary/aromatic N) is 2. The van der Waals surface area contributed by atoms with Gasteiger partial charge in [-0.15, -0.1) is 0 Å². The van der Waals surface area contributed by atoms with Crippen molar-refractivity contribution in [3.63, 3.8) is 0 Å². The fraction of sp³-hybridized carbons (Fsp3) is 0.162. The van der Waals surface area contributed by atoms with Crippen molar-refractivity contribution >= 4 is 11.0 Å². The summed E-state index contributed by atoms with van der Waals surface area (Å²) < 4.78 is 4.79. The first-order valence-electron chi connectivity index (χ1n) is 13.7. The first-order valence-corrected chi connectivity index (χ1v) is 13.7. The summed E-state index contributed by atoms with van der Waals surface area (Å²) in [6, 6.07) is 44.0. The summed E-state index contributed by atoms with van der Waals surface area (Å²) in [7, 11) is 2.20. The van der Waals surface area contributed by atoms with Crippen LogP contribution in [-0.2, 0) is 12.5 Å². The molecule has 6 aromatic rings. The summed E-state index contributed by atoms with van der Waals surface area (Å²) in [5.74, 6) is 1.18. The van der Waals surface area contributed by atoms with Crippen LogP contribution in [-0.4, -0.2) is 4.57 Å². The van der Waals surface area contributed by atoms with Gasteiger partial charge < -0.3 is 0 Å². The quantitative estimate of drug-likeness (QED) is 0.210. The SMILES string of the molecule is Cc1ccc(-c2ccccc2)cc1-c1n(-c2ccc(-c3ccccc3)cc2)c2ccc(C(C)(C)C)cc2[n+]1C. The Kier molecular flexibility index (Phi) is 6.19. The third-order valence-electron chi connectivity index (χ3n) is 7.79. The molecule has 0 aliphatic rings. The van der Waals surface area contributed by atoms with Gasteiger partial charge in [0, 0.05) is 0 Å². The lowest BCUT2D eigenvalue weighted by Crippen LogP contribution is -2.30. The van der Waals surface area contributed by atoms with E-state index in [0.29, 0.717) is 0 Å². The van der Waals surface area contributed by atoms with E-state index in [1.807, 2.05) is 0 Å². The maximum Gasteiger partial charge on any atom is 0.295 e. The van der Waals surface area contributed by atoms with Gasteiger partial charge in [0.25, 0.3) is 5.82 Å². The van der Waals surface area contributed by atoms with E-state index in [1.54, 1.807) is 0 Å². The van der Waals surface area contributed by atoms with Gasteiger partial charge in [-0.3, -0.25) is 0 Å². The molecule has 0 saturated heterocycles. The Labute approximate surface area is 231 Å². The minimum atomic E-state index is 0.0733. The molecule has 0 aliphatic heterocycles. The van der Waals surface area contributed by atoms with Crippen molar-refractivity contribution in [1.29, 1.82) is 0 Å². The number of imidazole rings is 1. The molecule has 0 saturated carbocycles. The molecule has 0 fully saturated rings. The smallest absolute Gasteiger partial charge is 0.225 e. The Bertz CT molecular complexity index is 1770. The van der Waals surface area contributed by atoms with Crippen LogP contribution in [0.3, 0.4) is 0 Å². The summed E-state index contributed by atoms with van der Waals surface area (Å²) >= 11 is 0. The van der Waals surface area contributed by atoms with Gasteiger partial charge >= 0.3 is 0 Å². The minimum absolute atomic E-state index is 0.0733. The number of aromatic nitrogens is 2. The Balaban J connectivity index is 1.60. The highest BCUT2D eigenvalue weighted by atomic mass is 15.2. The van der Waals surface area contributed by atoms with Crippen molar-refractivity contribution in [2.45, 2.75) is 33.1 Å². The normalized spacial score (nSPS) is 11.7. The highest BCUT2D eigenvalue weighted by Gasteiger charge is 2.29. The molecular formula is C37H35N2+. The Hall–Kier alpha value is -4.43. The van der Waals surface area contributed by atoms with Crippen LogP contribution in [0.2, 0.25) is 0 Å². The fourth-order valence-electron chi connectivity index (χ4n) is 5.49. The summed E-state index contributed by atoms with van der Waals surface area (Å²) in [5.41, 5.74) is 12.4. The molecule has 6 rings (SSSR count). The summed E-state index contributed by atoms with van der Waals surface area (Å²) in [6.07, 6.45) is 0. The monoisotopic (exact) mass is 507 g/mol. The maximum atomic E-state index is 2.42. The molecule has 1 aromatic heterocycles. The van der Waals surface area contributed by atoms with Gasteiger partial charge in [-0.1, -0.05) is 112 Å². The van der Waals surface area contributed by atoms with Crippen LogP contribution in [0.15, 0.2) is 121 Å². The maximum absolute atomic E-state index is 2.42. The average Bonchev–Trinajstić information content (AvgIpc) is 3.25. The highest BCUT2D eigenvalue weighted by Crippen LogP contribution is 2.34. The Morgan fingerprint density at radius 1 is 0.590 bits per heavy atom. The van der Waals surface area contributed by atoms with Gasteiger partial charge in [-0.25, -0.2) is 4.57 Å². The van der Waals surface area contributed by atoms with E-state index >= 15 is 0 Å². The first kappa shape index (κ1) is 24.9. The van der Waals surface area contributed by atoms with Gasteiger partial charge in [0.1, 0.15) is 5.69 Å². The second-order valence-corrected chi connectivity index (χ2v) is 11.5. The summed E-state index contributed by atoms with van der Waals surface area (Å²) in [4.78, 5) is 0. The summed E-state index contributed by atoms with van der Waals surface area (Å²) in [5, 5.41) is 0. The molecular weight excluding hydrogens is 472 g/mol. The number of hydrogen-bond donors (Lipinski definition) is 0. The van der Waals surface area contributed by atoms with Crippen molar-refractivity contribution in [3.05, 3.63) is 132 Å². The van der Waals surface area contributed by atoms with Gasteiger partial charge in [-0.2, -0.15) is 4.57 Å². The van der Waals surface area contributed by atoms with Crippen molar-refractivity contribution in [3.8, 4) is 39.3 Å². The molecule has 0 amide bonds. The van der Waals surface area contributed by atoms with E-state index in [-0.39, 0.29) is 5.41 Å². The first-order chi connectivity index (χ1) is 18.8. The predicted molar refractivity (Wildman–Crippen MR) is 164 cm³/mol. The molecule has 2 heteroatoms. The van der Waals surface area contributed by atoms with Crippen LogP contribution in [0.25, 0.3) is 50.4 Å². The van der Waals surface area contributed by atoms with E-state index in [4.69, 9.17) is 0 Å². The highest BCUT2D eigenvalue weighted by molar-refractivity contribution is 5.82. The number of fused-ring (bicyclic) bond motifs is 1. The van der Waals surface area contributed by atoms with E-state index in [2.05, 4.69) is 165 Å². The molecule has 0 N–H and O–H groups in total. The molecule has 5 aromatic carbocycles. The number of hydrogen-bond acceptors (Lipinski definition) is 0. The lowest BCUT2D eigenvalue weighted by molar-refractivity contribution is -0.633. The number of rotatable bonds is 4. The van der Waals surface area contributed by atoms with Crippen LogP contribution >= 0.6 is 0 Å². The molecule has 0 unspecified atom stereocenters. The lowest BCUT2D eigenvalue weighted by Gasteiger charge is -2.18. The van der Waals surface area contributed by atoms with Crippen LogP contribution < -0.4 is 4.57 Å². The third-order valence-corrected chi connectivity index (χ3v) is 7.79. The van der Waals surface area contributed by atoms with Crippen molar-refractivity contribution in [1.82, 2.24) is 4.57 Å². The third kappa shape index (κ3) is 4.57. The van der Waals surface area contributed by atoms with Crippen molar-refractivity contribution < 1.29 is 4.57 Å². The van der Waals surface area contributed by atoms with E-state index < -0.39 is 0 Å². The molecule has 192 valence electrons. The lowest BCUT2D eigenvalue weighted by atomic mass is 9.87. The van der Waals surface area contributed by atoms with E-state index in [1.165, 1.54) is 55.8 Å². The molecule has 2 nitrogen and oxygen atoms in total. The zero-order valence-electron chi connectivity index (χ0n) is 23.4. The zero-order chi connectivity index (χ0) is 27.1. The van der Waals surface area contributed by atoms with E-state index in [0.717, 1.165) is 5.69 Å². The van der Waals surface area contributed by atoms with E-state index in [9.17, 15) is 0 Å². The zero-order valence-corrected chi connectivity index (χ0v) is 23.4. The van der Waals surface area contributed by atoms with Crippen LogP contribution in [0, 0.1) is 6.92 Å². The number of benzene rings is 5. The molecule has 0 atom stereocenters. The average molecular weight is 508 g/mol. The van der Waals surface area contributed by atoms with Gasteiger partial charge in [0.15, 0.2) is 11.0 Å². The van der Waals surface area contributed by atoms with Gasteiger partial charge in [-0.05, 0) is 76.1 Å². The largest absolute Gasteiger partial charge is 0.295 e. The van der Waals surface area contributed by atoms with Crippen LogP contribution in [0.5, 0.6) is 0 Å². The summed E-state index contributed by atoms with van der Waals surface area (Å²) in [6.45, 7) is 9.05. The van der Waals surface area contributed by atoms with Crippen molar-refractivity contribution in [2.24, 2.45) is 7.05 Å². The van der Waals surface area contributed by atoms with Crippen molar-refractivity contribution in [2.75, 3.05) is 0 Å². The molecule has 0 aliphatic carbocycles. The predicted octanol–water partition coefficient (Wildman–Crippen LogP) is 9.06. The molecule has 1 heterocycles. The van der Waals surface area contributed by atoms with Crippen LogP contribution in [0.4, 0.5) is 0 Å². The molecule has 0 bridgehead atoms. The fourth-order valence-corrected chi connectivity index (χ4v) is 5.49. The Morgan fingerprint density at radius 3 is 1.77 bits per heavy atom. The second-order valence-electron chi connectivity index (χ2n) is 11.5. The molecule has 0 radical (unpaired) electrons. The standard InChI is InChI=1S/C37H35N2/c1-26-16-17-30(28-14-10-7-11-15-28)24-33(26)36-38(5)35-25-31(37(2,3)4)20-23-34(35)39(36)32-21-18-29(19-22-32)27-12-8-6-9-13-27/h6-25H,1-5H3/q+1. The molecule has 39 heavy (non-hydrogen) atoms.